The molecule has 0 spiro atoms. The van der Waals surface area contributed by atoms with E-state index in [1.54, 1.807) is 39.0 Å². The lowest BCUT2D eigenvalue weighted by molar-refractivity contribution is -0.145. The van der Waals surface area contributed by atoms with Crippen LogP contribution in [0.3, 0.4) is 0 Å². The number of carbonyl (C=O) groups is 2. The molecule has 1 aromatic carbocycles. The highest BCUT2D eigenvalue weighted by Crippen LogP contribution is 2.29. The molecule has 0 atom stereocenters. The molecule has 0 aliphatic rings. The van der Waals surface area contributed by atoms with Crippen molar-refractivity contribution in [3.8, 4) is 0 Å². The van der Waals surface area contributed by atoms with Crippen LogP contribution >= 0.6 is 35.0 Å². The van der Waals surface area contributed by atoms with Crippen molar-refractivity contribution >= 4 is 46.0 Å². The molecule has 0 radical (unpaired) electrons. The minimum atomic E-state index is -0.911. The Morgan fingerprint density at radius 3 is 2.50 bits per heavy atom. The summed E-state index contributed by atoms with van der Waals surface area (Å²) in [6, 6.07) is 4.98. The largest absolute Gasteiger partial charge is 0.465 e. The van der Waals surface area contributed by atoms with Crippen LogP contribution in [0.2, 0.25) is 10.0 Å². The highest BCUT2D eigenvalue weighted by Gasteiger charge is 2.32. The summed E-state index contributed by atoms with van der Waals surface area (Å²) in [5.74, 6) is -0.402. The number of ether oxygens (including phenoxy) is 1. The van der Waals surface area contributed by atoms with E-state index in [4.69, 9.17) is 27.9 Å². The van der Waals surface area contributed by atoms with Gasteiger partial charge in [-0.15, -0.1) is 0 Å². The number of hydrogen-bond donors (Lipinski definition) is 0. The van der Waals surface area contributed by atoms with Crippen molar-refractivity contribution in [2.75, 3.05) is 6.61 Å². The quantitative estimate of drug-likeness (QED) is 0.759. The van der Waals surface area contributed by atoms with Gasteiger partial charge in [0.1, 0.15) is 4.75 Å². The Balaban J connectivity index is 2.70. The first-order valence-corrected chi connectivity index (χ1v) is 7.66. The first-order chi connectivity index (χ1) is 9.26. The zero-order valence-electron chi connectivity index (χ0n) is 11.5. The second kappa shape index (κ2) is 7.34. The van der Waals surface area contributed by atoms with Crippen molar-refractivity contribution in [3.05, 3.63) is 33.8 Å². The Morgan fingerprint density at radius 1 is 1.30 bits per heavy atom. The molecule has 0 unspecified atom stereocenters. The SMILES string of the molecule is CCOC(=O)C(C)(C)SC(=O)Cc1ccc(Cl)cc1Cl. The Hall–Kier alpha value is -0.710. The minimum Gasteiger partial charge on any atom is -0.465 e. The number of thioether (sulfide) groups is 1. The Labute approximate surface area is 133 Å². The third-order valence-corrected chi connectivity index (χ3v) is 4.12. The maximum atomic E-state index is 12.0. The van der Waals surface area contributed by atoms with Gasteiger partial charge in [-0.25, -0.2) is 0 Å². The molecular weight excluding hydrogens is 319 g/mol. The van der Waals surface area contributed by atoms with Crippen molar-refractivity contribution in [1.29, 1.82) is 0 Å². The van der Waals surface area contributed by atoms with E-state index in [1.807, 2.05) is 0 Å². The predicted molar refractivity (Wildman–Crippen MR) is 83.5 cm³/mol. The topological polar surface area (TPSA) is 43.4 Å². The summed E-state index contributed by atoms with van der Waals surface area (Å²) in [5.41, 5.74) is 0.688. The molecule has 3 nitrogen and oxygen atoms in total. The molecule has 0 aromatic heterocycles. The number of rotatable bonds is 5. The average Bonchev–Trinajstić information content (AvgIpc) is 2.32. The molecule has 0 aliphatic carbocycles. The molecule has 0 fully saturated rings. The molecule has 0 N–H and O–H groups in total. The van der Waals surface area contributed by atoms with Crippen LogP contribution in [-0.4, -0.2) is 22.4 Å². The second-order valence-electron chi connectivity index (χ2n) is 4.62. The second-order valence-corrected chi connectivity index (χ2v) is 7.14. The standard InChI is InChI=1S/C14H16Cl2O3S/c1-4-19-13(18)14(2,3)20-12(17)7-9-5-6-10(15)8-11(9)16/h5-6,8H,4,7H2,1-3H3. The summed E-state index contributed by atoms with van der Waals surface area (Å²) >= 11 is 12.8. The zero-order chi connectivity index (χ0) is 15.3. The summed E-state index contributed by atoms with van der Waals surface area (Å²) in [7, 11) is 0. The summed E-state index contributed by atoms with van der Waals surface area (Å²) in [5, 5.41) is 0.818. The van der Waals surface area contributed by atoms with Crippen LogP contribution in [0.5, 0.6) is 0 Å². The third kappa shape index (κ3) is 5.00. The molecule has 1 aromatic rings. The van der Waals surface area contributed by atoms with E-state index in [0.29, 0.717) is 22.2 Å². The van der Waals surface area contributed by atoms with Gasteiger partial charge >= 0.3 is 5.97 Å². The zero-order valence-corrected chi connectivity index (χ0v) is 13.9. The van der Waals surface area contributed by atoms with E-state index in [1.165, 1.54) is 0 Å². The molecule has 0 saturated carbocycles. The summed E-state index contributed by atoms with van der Waals surface area (Å²) in [4.78, 5) is 23.8. The fourth-order valence-electron chi connectivity index (χ4n) is 1.49. The summed E-state index contributed by atoms with van der Waals surface area (Å²) in [6.45, 7) is 5.35. The molecule has 20 heavy (non-hydrogen) atoms. The van der Waals surface area contributed by atoms with Gasteiger partial charge in [0, 0.05) is 16.5 Å². The van der Waals surface area contributed by atoms with Crippen LogP contribution in [0, 0.1) is 0 Å². The van der Waals surface area contributed by atoms with Gasteiger partial charge in [-0.1, -0.05) is 41.0 Å². The first-order valence-electron chi connectivity index (χ1n) is 6.09. The van der Waals surface area contributed by atoms with E-state index < -0.39 is 10.7 Å². The van der Waals surface area contributed by atoms with Crippen molar-refractivity contribution in [2.45, 2.75) is 31.9 Å². The normalized spacial score (nSPS) is 11.2. The van der Waals surface area contributed by atoms with Crippen molar-refractivity contribution in [1.82, 2.24) is 0 Å². The summed E-state index contributed by atoms with van der Waals surface area (Å²) < 4.78 is 4.03. The predicted octanol–water partition coefficient (Wildman–Crippen LogP) is 4.14. The molecule has 0 bridgehead atoms. The average molecular weight is 335 g/mol. The smallest absolute Gasteiger partial charge is 0.322 e. The van der Waals surface area contributed by atoms with Crippen molar-refractivity contribution < 1.29 is 14.3 Å². The summed E-state index contributed by atoms with van der Waals surface area (Å²) in [6.07, 6.45) is 0.142. The number of carbonyl (C=O) groups excluding carboxylic acids is 2. The number of hydrogen-bond acceptors (Lipinski definition) is 4. The molecule has 6 heteroatoms. The van der Waals surface area contributed by atoms with E-state index in [-0.39, 0.29) is 11.5 Å². The van der Waals surface area contributed by atoms with Crippen LogP contribution in [0.4, 0.5) is 0 Å². The number of benzene rings is 1. The van der Waals surface area contributed by atoms with Gasteiger partial charge in [0.25, 0.3) is 0 Å². The van der Waals surface area contributed by atoms with Gasteiger partial charge in [0.2, 0.25) is 0 Å². The number of halogens is 2. The maximum Gasteiger partial charge on any atom is 0.322 e. The lowest BCUT2D eigenvalue weighted by atomic mass is 10.2. The molecule has 1 rings (SSSR count). The van der Waals surface area contributed by atoms with Gasteiger partial charge in [0.15, 0.2) is 5.12 Å². The van der Waals surface area contributed by atoms with Gasteiger partial charge in [-0.05, 0) is 38.5 Å². The molecule has 0 saturated heterocycles. The third-order valence-electron chi connectivity index (χ3n) is 2.49. The van der Waals surface area contributed by atoms with Crippen LogP contribution in [0.1, 0.15) is 26.3 Å². The van der Waals surface area contributed by atoms with Gasteiger partial charge in [-0.2, -0.15) is 0 Å². The first kappa shape index (κ1) is 17.3. The van der Waals surface area contributed by atoms with E-state index in [0.717, 1.165) is 11.8 Å². The fourth-order valence-corrected chi connectivity index (χ4v) is 2.90. The van der Waals surface area contributed by atoms with Gasteiger partial charge < -0.3 is 4.74 Å². The van der Waals surface area contributed by atoms with Gasteiger partial charge in [-0.3, -0.25) is 9.59 Å². The fraction of sp³-hybridized carbons (Fsp3) is 0.429. The van der Waals surface area contributed by atoms with Crippen molar-refractivity contribution in [3.63, 3.8) is 0 Å². The minimum absolute atomic E-state index is 0.142. The Kier molecular flexibility index (Phi) is 6.37. The monoisotopic (exact) mass is 334 g/mol. The lowest BCUT2D eigenvalue weighted by Crippen LogP contribution is -2.31. The Bertz CT molecular complexity index is 515. The maximum absolute atomic E-state index is 12.0. The van der Waals surface area contributed by atoms with Gasteiger partial charge in [0.05, 0.1) is 6.61 Å². The van der Waals surface area contributed by atoms with Crippen LogP contribution in [0.25, 0.3) is 0 Å². The van der Waals surface area contributed by atoms with Crippen LogP contribution in [0.15, 0.2) is 18.2 Å². The number of esters is 1. The van der Waals surface area contributed by atoms with Crippen LogP contribution in [-0.2, 0) is 20.7 Å². The van der Waals surface area contributed by atoms with E-state index in [2.05, 4.69) is 0 Å². The van der Waals surface area contributed by atoms with Crippen LogP contribution < -0.4 is 0 Å². The van der Waals surface area contributed by atoms with E-state index in [9.17, 15) is 9.59 Å². The molecule has 0 amide bonds. The molecule has 0 heterocycles. The molecule has 110 valence electrons. The van der Waals surface area contributed by atoms with E-state index >= 15 is 0 Å². The highest BCUT2D eigenvalue weighted by molar-refractivity contribution is 8.15. The Morgan fingerprint density at radius 2 is 1.95 bits per heavy atom. The molecule has 0 aliphatic heterocycles. The highest BCUT2D eigenvalue weighted by atomic mass is 35.5. The molecular formula is C14H16Cl2O3S. The lowest BCUT2D eigenvalue weighted by Gasteiger charge is -2.20. The van der Waals surface area contributed by atoms with Crippen molar-refractivity contribution in [2.24, 2.45) is 0 Å².